The number of thiocarbonyl (C=S) groups is 1. The maximum atomic E-state index is 6.29. The third-order valence-electron chi connectivity index (χ3n) is 3.57. The highest BCUT2D eigenvalue weighted by Crippen LogP contribution is 2.22. The minimum atomic E-state index is 0.381. The molecule has 1 aliphatic rings. The second-order valence-electron chi connectivity index (χ2n) is 4.93. The molecule has 0 unspecified atom stereocenters. The first-order valence-electron chi connectivity index (χ1n) is 6.44. The van der Waals surface area contributed by atoms with Crippen molar-refractivity contribution in [3.05, 3.63) is 34.3 Å². The van der Waals surface area contributed by atoms with Gasteiger partial charge in [-0.3, -0.25) is 4.90 Å². The highest BCUT2D eigenvalue weighted by atomic mass is 35.5. The summed E-state index contributed by atoms with van der Waals surface area (Å²) in [7, 11) is 2.13. The van der Waals surface area contributed by atoms with Gasteiger partial charge in [0.05, 0.1) is 0 Å². The molecule has 1 aromatic rings. The Morgan fingerprint density at radius 1 is 1.47 bits per heavy atom. The first-order chi connectivity index (χ1) is 9.08. The summed E-state index contributed by atoms with van der Waals surface area (Å²) in [5.41, 5.74) is 7.52. The van der Waals surface area contributed by atoms with Gasteiger partial charge in [-0.1, -0.05) is 36.0 Å². The van der Waals surface area contributed by atoms with E-state index in [2.05, 4.69) is 11.9 Å². The number of ether oxygens (including phenoxy) is 1. The van der Waals surface area contributed by atoms with Crippen LogP contribution in [0.2, 0.25) is 5.02 Å². The molecule has 0 bridgehead atoms. The zero-order valence-corrected chi connectivity index (χ0v) is 12.6. The van der Waals surface area contributed by atoms with Crippen LogP contribution in [0.3, 0.4) is 0 Å². The van der Waals surface area contributed by atoms with Crippen molar-refractivity contribution in [2.24, 2.45) is 5.73 Å². The first-order valence-corrected chi connectivity index (χ1v) is 7.23. The fourth-order valence-electron chi connectivity index (χ4n) is 2.35. The van der Waals surface area contributed by atoms with Crippen molar-refractivity contribution in [3.63, 3.8) is 0 Å². The molecule has 2 rings (SSSR count). The molecular formula is C14H19ClN2OS. The Morgan fingerprint density at radius 3 is 2.74 bits per heavy atom. The van der Waals surface area contributed by atoms with E-state index in [0.29, 0.717) is 11.0 Å². The molecule has 1 fully saturated rings. The van der Waals surface area contributed by atoms with Gasteiger partial charge in [-0.2, -0.15) is 0 Å². The van der Waals surface area contributed by atoms with Gasteiger partial charge in [0, 0.05) is 36.4 Å². The Labute approximate surface area is 124 Å². The summed E-state index contributed by atoms with van der Waals surface area (Å²) < 4.78 is 5.38. The van der Waals surface area contributed by atoms with Gasteiger partial charge in [0.1, 0.15) is 4.99 Å². The molecule has 1 aliphatic heterocycles. The Hall–Kier alpha value is -0.680. The predicted molar refractivity (Wildman–Crippen MR) is 82.6 cm³/mol. The molecule has 3 nitrogen and oxygen atoms in total. The molecule has 0 atom stereocenters. The van der Waals surface area contributed by atoms with Crippen molar-refractivity contribution in [2.45, 2.75) is 25.4 Å². The van der Waals surface area contributed by atoms with Gasteiger partial charge in [0.15, 0.2) is 0 Å². The summed E-state index contributed by atoms with van der Waals surface area (Å²) in [6.07, 6.45) is 2.16. The Kier molecular flexibility index (Phi) is 5.16. The number of nitrogens with zero attached hydrogens (tertiary/aromatic N) is 1. The van der Waals surface area contributed by atoms with Gasteiger partial charge in [-0.05, 0) is 31.5 Å². The zero-order valence-electron chi connectivity index (χ0n) is 11.1. The van der Waals surface area contributed by atoms with Crippen molar-refractivity contribution in [1.82, 2.24) is 4.90 Å². The molecule has 104 valence electrons. The molecule has 2 N–H and O–H groups in total. The topological polar surface area (TPSA) is 38.5 Å². The lowest BCUT2D eigenvalue weighted by atomic mass is 10.1. The van der Waals surface area contributed by atoms with Crippen LogP contribution in [0.5, 0.6) is 0 Å². The predicted octanol–water partition coefficient (Wildman–Crippen LogP) is 2.59. The molecule has 0 aromatic heterocycles. The second kappa shape index (κ2) is 6.66. The van der Waals surface area contributed by atoms with Crippen LogP contribution in [0.4, 0.5) is 0 Å². The lowest BCUT2D eigenvalue weighted by Crippen LogP contribution is -2.36. The molecule has 0 spiro atoms. The van der Waals surface area contributed by atoms with E-state index in [9.17, 15) is 0 Å². The van der Waals surface area contributed by atoms with E-state index in [0.717, 1.165) is 48.7 Å². The number of halogens is 1. The van der Waals surface area contributed by atoms with Crippen LogP contribution in [-0.4, -0.2) is 36.2 Å². The van der Waals surface area contributed by atoms with Crippen LogP contribution in [0.1, 0.15) is 24.0 Å². The Morgan fingerprint density at radius 2 is 2.16 bits per heavy atom. The van der Waals surface area contributed by atoms with E-state index < -0.39 is 0 Å². The quantitative estimate of drug-likeness (QED) is 0.867. The third kappa shape index (κ3) is 3.89. The monoisotopic (exact) mass is 298 g/mol. The largest absolute Gasteiger partial charge is 0.389 e. The van der Waals surface area contributed by atoms with Crippen LogP contribution >= 0.6 is 23.8 Å². The van der Waals surface area contributed by atoms with Crippen molar-refractivity contribution in [1.29, 1.82) is 0 Å². The van der Waals surface area contributed by atoms with Crippen molar-refractivity contribution in [3.8, 4) is 0 Å². The average molecular weight is 299 g/mol. The van der Waals surface area contributed by atoms with E-state index in [1.807, 2.05) is 18.2 Å². The molecule has 0 radical (unpaired) electrons. The molecule has 0 aliphatic carbocycles. The van der Waals surface area contributed by atoms with E-state index in [4.69, 9.17) is 34.3 Å². The van der Waals surface area contributed by atoms with E-state index >= 15 is 0 Å². The summed E-state index contributed by atoms with van der Waals surface area (Å²) in [4.78, 5) is 2.72. The zero-order chi connectivity index (χ0) is 13.8. The van der Waals surface area contributed by atoms with E-state index in [1.54, 1.807) is 0 Å². The van der Waals surface area contributed by atoms with Crippen molar-refractivity contribution >= 4 is 28.8 Å². The molecule has 1 saturated heterocycles. The summed E-state index contributed by atoms with van der Waals surface area (Å²) in [6.45, 7) is 2.54. The average Bonchev–Trinajstić information content (AvgIpc) is 2.41. The summed E-state index contributed by atoms with van der Waals surface area (Å²) in [6, 6.07) is 6.35. The molecule has 1 heterocycles. The smallest absolute Gasteiger partial charge is 0.104 e. The molecule has 1 aromatic carbocycles. The molecule has 19 heavy (non-hydrogen) atoms. The summed E-state index contributed by atoms with van der Waals surface area (Å²) in [5, 5.41) is 0.726. The van der Waals surface area contributed by atoms with Gasteiger partial charge in [-0.15, -0.1) is 0 Å². The maximum Gasteiger partial charge on any atom is 0.104 e. The lowest BCUT2D eigenvalue weighted by molar-refractivity contribution is 0.0407. The fraction of sp³-hybridized carbons (Fsp3) is 0.500. The van der Waals surface area contributed by atoms with E-state index in [-0.39, 0.29) is 0 Å². The number of benzene rings is 1. The van der Waals surface area contributed by atoms with Gasteiger partial charge in [0.2, 0.25) is 0 Å². The van der Waals surface area contributed by atoms with Gasteiger partial charge in [-0.25, -0.2) is 0 Å². The molecular weight excluding hydrogens is 280 g/mol. The highest BCUT2D eigenvalue weighted by molar-refractivity contribution is 7.80. The lowest BCUT2D eigenvalue weighted by Gasteiger charge is -2.31. The number of hydrogen-bond acceptors (Lipinski definition) is 3. The second-order valence-corrected chi connectivity index (χ2v) is 5.78. The standard InChI is InChI=1S/C14H19ClN2OS/c1-17(12-4-6-18-7-5-12)9-11-3-2-10(14(16)19)8-13(11)15/h2-3,8,12H,4-7,9H2,1H3,(H2,16,19). The van der Waals surface area contributed by atoms with Crippen LogP contribution in [0.15, 0.2) is 18.2 Å². The van der Waals surface area contributed by atoms with Crippen molar-refractivity contribution < 1.29 is 4.74 Å². The van der Waals surface area contributed by atoms with Crippen LogP contribution in [0, 0.1) is 0 Å². The van der Waals surface area contributed by atoms with Gasteiger partial charge >= 0.3 is 0 Å². The Balaban J connectivity index is 2.03. The van der Waals surface area contributed by atoms with Gasteiger partial charge < -0.3 is 10.5 Å². The van der Waals surface area contributed by atoms with Gasteiger partial charge in [0.25, 0.3) is 0 Å². The maximum absolute atomic E-state index is 6.29. The number of nitrogens with two attached hydrogens (primary N) is 1. The highest BCUT2D eigenvalue weighted by Gasteiger charge is 2.19. The molecule has 0 amide bonds. The number of rotatable bonds is 4. The van der Waals surface area contributed by atoms with Crippen LogP contribution < -0.4 is 5.73 Å². The molecule has 5 heteroatoms. The molecule has 0 saturated carbocycles. The minimum Gasteiger partial charge on any atom is -0.389 e. The normalized spacial score (nSPS) is 16.8. The SMILES string of the molecule is CN(Cc1ccc(C(N)=S)cc1Cl)C1CCOCC1. The summed E-state index contributed by atoms with van der Waals surface area (Å²) in [5.74, 6) is 0. The third-order valence-corrected chi connectivity index (χ3v) is 4.16. The first kappa shape index (κ1) is 14.7. The van der Waals surface area contributed by atoms with E-state index in [1.165, 1.54) is 0 Å². The van der Waals surface area contributed by atoms with Crippen LogP contribution in [0.25, 0.3) is 0 Å². The minimum absolute atomic E-state index is 0.381. The summed E-state index contributed by atoms with van der Waals surface area (Å²) >= 11 is 11.2. The number of hydrogen-bond donors (Lipinski definition) is 1. The fourth-order valence-corrected chi connectivity index (χ4v) is 2.72. The van der Waals surface area contributed by atoms with Crippen LogP contribution in [-0.2, 0) is 11.3 Å². The van der Waals surface area contributed by atoms with Crippen molar-refractivity contribution in [2.75, 3.05) is 20.3 Å². The Bertz CT molecular complexity index is 461.